The topological polar surface area (TPSA) is 44.8 Å². The summed E-state index contributed by atoms with van der Waals surface area (Å²) in [6.45, 7) is 7.96. The highest BCUT2D eigenvalue weighted by Gasteiger charge is 2.61. The summed E-state index contributed by atoms with van der Waals surface area (Å²) < 4.78 is 17.8. The molecule has 0 radical (unpaired) electrons. The van der Waals surface area contributed by atoms with Crippen LogP contribution in [-0.4, -0.2) is 31.1 Å². The number of carbonyl (C=O) groups excluding carboxylic acids is 1. The van der Waals surface area contributed by atoms with Crippen molar-refractivity contribution in [2.45, 2.75) is 84.0 Å². The van der Waals surface area contributed by atoms with E-state index in [0.29, 0.717) is 11.3 Å². The zero-order valence-electron chi connectivity index (χ0n) is 17.1. The van der Waals surface area contributed by atoms with Crippen LogP contribution in [0.5, 0.6) is 0 Å². The van der Waals surface area contributed by atoms with Crippen LogP contribution in [0.1, 0.15) is 72.1 Å². The molecule has 0 N–H and O–H groups in total. The van der Waals surface area contributed by atoms with E-state index < -0.39 is 0 Å². The first-order chi connectivity index (χ1) is 12.9. The second kappa shape index (κ2) is 6.06. The molecule has 1 heterocycles. The summed E-state index contributed by atoms with van der Waals surface area (Å²) in [6.07, 6.45) is 11.7. The van der Waals surface area contributed by atoms with Gasteiger partial charge in [-0.25, -0.2) is 0 Å². The Labute approximate surface area is 163 Å². The lowest BCUT2D eigenvalue weighted by Gasteiger charge is -2.58. The maximum absolute atomic E-state index is 11.6. The molecule has 27 heavy (non-hydrogen) atoms. The number of rotatable bonds is 1. The molecule has 6 atom stereocenters. The van der Waals surface area contributed by atoms with Gasteiger partial charge in [-0.05, 0) is 61.7 Å². The molecule has 5 aliphatic rings. The van der Waals surface area contributed by atoms with Crippen molar-refractivity contribution in [1.29, 1.82) is 0 Å². The Kier molecular flexibility index (Phi) is 4.08. The Hall–Kier alpha value is -0.870. The third kappa shape index (κ3) is 2.58. The van der Waals surface area contributed by atoms with Crippen molar-refractivity contribution in [3.8, 4) is 0 Å². The normalized spacial score (nSPS) is 47.7. The van der Waals surface area contributed by atoms with E-state index in [1.54, 1.807) is 12.5 Å². The van der Waals surface area contributed by atoms with Gasteiger partial charge in [-0.3, -0.25) is 4.79 Å². The van der Waals surface area contributed by atoms with Gasteiger partial charge in [-0.15, -0.1) is 0 Å². The maximum Gasteiger partial charge on any atom is 0.302 e. The Morgan fingerprint density at radius 1 is 1.07 bits per heavy atom. The average Bonchev–Trinajstić information content (AvgIpc) is 3.21. The number of carbonyl (C=O) groups is 1. The number of allylic oxidation sites excluding steroid dienone is 1. The zero-order valence-corrected chi connectivity index (χ0v) is 17.1. The van der Waals surface area contributed by atoms with E-state index in [9.17, 15) is 4.79 Å². The Morgan fingerprint density at radius 3 is 2.59 bits per heavy atom. The third-order valence-electron chi connectivity index (χ3n) is 9.15. The molecule has 150 valence electrons. The predicted octanol–water partition coefficient (Wildman–Crippen LogP) is 4.62. The minimum atomic E-state index is -0.324. The SMILES string of the molecule is CC(=O)O[C@H]1CC[C@@H]2[C@H]3CC=C4CC5(CC[C@]4(C)[C@H]3CC[C@]12C)OCCO5. The lowest BCUT2D eigenvalue weighted by atomic mass is 9.47. The third-order valence-corrected chi connectivity index (χ3v) is 9.15. The number of hydrogen-bond donors (Lipinski definition) is 0. The molecular weight excluding hydrogens is 340 g/mol. The summed E-state index contributed by atoms with van der Waals surface area (Å²) in [5, 5.41) is 0. The van der Waals surface area contributed by atoms with Crippen molar-refractivity contribution in [3.05, 3.63) is 11.6 Å². The van der Waals surface area contributed by atoms with Crippen molar-refractivity contribution in [2.24, 2.45) is 28.6 Å². The van der Waals surface area contributed by atoms with Crippen LogP contribution in [0.3, 0.4) is 0 Å². The van der Waals surface area contributed by atoms with Gasteiger partial charge in [0.05, 0.1) is 13.2 Å². The van der Waals surface area contributed by atoms with Crippen LogP contribution in [0.25, 0.3) is 0 Å². The van der Waals surface area contributed by atoms with E-state index in [1.165, 1.54) is 32.1 Å². The van der Waals surface area contributed by atoms with Crippen LogP contribution in [-0.2, 0) is 19.0 Å². The van der Waals surface area contributed by atoms with Crippen LogP contribution in [0.4, 0.5) is 0 Å². The number of hydrogen-bond acceptors (Lipinski definition) is 4. The van der Waals surface area contributed by atoms with E-state index in [2.05, 4.69) is 19.9 Å². The highest BCUT2D eigenvalue weighted by atomic mass is 16.7. The van der Waals surface area contributed by atoms with Gasteiger partial charge in [0, 0.05) is 25.2 Å². The lowest BCUT2D eigenvalue weighted by molar-refractivity contribution is -0.186. The standard InChI is InChI=1S/C23H34O4/c1-15(24)27-20-7-6-18-17-5-4-16-14-23(25-12-13-26-23)11-10-21(16,2)19(17)8-9-22(18,20)3/h4,17-20H,5-14H2,1-3H3/t17-,18-,19+,20+,21+,22+/m1/s1. The fourth-order valence-electron chi connectivity index (χ4n) is 7.69. The monoisotopic (exact) mass is 374 g/mol. The highest BCUT2D eigenvalue weighted by molar-refractivity contribution is 5.66. The molecule has 1 spiro atoms. The summed E-state index contributed by atoms with van der Waals surface area (Å²) in [5.74, 6) is 1.73. The molecule has 0 unspecified atom stereocenters. The van der Waals surface area contributed by atoms with Gasteiger partial charge >= 0.3 is 5.97 Å². The molecule has 1 saturated heterocycles. The summed E-state index contributed by atoms with van der Waals surface area (Å²) in [4.78, 5) is 11.6. The molecule has 0 amide bonds. The van der Waals surface area contributed by atoms with E-state index in [1.807, 2.05) is 0 Å². The predicted molar refractivity (Wildman–Crippen MR) is 102 cm³/mol. The van der Waals surface area contributed by atoms with E-state index in [-0.39, 0.29) is 23.3 Å². The molecule has 4 nitrogen and oxygen atoms in total. The molecule has 0 aromatic heterocycles. The van der Waals surface area contributed by atoms with Crippen molar-refractivity contribution < 1.29 is 19.0 Å². The largest absolute Gasteiger partial charge is 0.462 e. The Balaban J connectivity index is 1.41. The molecule has 1 aliphatic heterocycles. The number of fused-ring (bicyclic) bond motifs is 5. The molecule has 0 aromatic carbocycles. The van der Waals surface area contributed by atoms with Gasteiger partial charge in [0.25, 0.3) is 0 Å². The van der Waals surface area contributed by atoms with Gasteiger partial charge in [0.2, 0.25) is 0 Å². The molecule has 3 saturated carbocycles. The van der Waals surface area contributed by atoms with Gasteiger partial charge < -0.3 is 14.2 Å². The molecule has 4 heteroatoms. The van der Waals surface area contributed by atoms with Crippen LogP contribution < -0.4 is 0 Å². The van der Waals surface area contributed by atoms with Gasteiger partial charge in [0.15, 0.2) is 5.79 Å². The maximum atomic E-state index is 11.6. The molecule has 0 bridgehead atoms. The van der Waals surface area contributed by atoms with Gasteiger partial charge in [-0.2, -0.15) is 0 Å². The zero-order chi connectivity index (χ0) is 18.9. The second-order valence-electron chi connectivity index (χ2n) is 10.3. The minimum Gasteiger partial charge on any atom is -0.462 e. The first-order valence-electron chi connectivity index (χ1n) is 11.0. The second-order valence-corrected chi connectivity index (χ2v) is 10.3. The smallest absolute Gasteiger partial charge is 0.302 e. The van der Waals surface area contributed by atoms with Gasteiger partial charge in [0.1, 0.15) is 6.10 Å². The van der Waals surface area contributed by atoms with Crippen molar-refractivity contribution in [2.75, 3.05) is 13.2 Å². The molecular formula is C23H34O4. The number of esters is 1. The van der Waals surface area contributed by atoms with Crippen molar-refractivity contribution in [3.63, 3.8) is 0 Å². The van der Waals surface area contributed by atoms with E-state index in [0.717, 1.165) is 44.3 Å². The van der Waals surface area contributed by atoms with Crippen LogP contribution in [0, 0.1) is 28.6 Å². The lowest BCUT2D eigenvalue weighted by Crippen LogP contribution is -2.53. The van der Waals surface area contributed by atoms with Crippen molar-refractivity contribution >= 4 is 5.97 Å². The van der Waals surface area contributed by atoms with Crippen LogP contribution in [0.15, 0.2) is 11.6 Å². The first-order valence-corrected chi connectivity index (χ1v) is 11.0. The summed E-state index contributed by atoms with van der Waals surface area (Å²) in [7, 11) is 0. The summed E-state index contributed by atoms with van der Waals surface area (Å²) in [5.41, 5.74) is 2.06. The van der Waals surface area contributed by atoms with E-state index >= 15 is 0 Å². The highest BCUT2D eigenvalue weighted by Crippen LogP contribution is 2.66. The van der Waals surface area contributed by atoms with Crippen LogP contribution >= 0.6 is 0 Å². The fraction of sp³-hybridized carbons (Fsp3) is 0.870. The van der Waals surface area contributed by atoms with Crippen LogP contribution in [0.2, 0.25) is 0 Å². The number of ether oxygens (including phenoxy) is 3. The molecule has 4 fully saturated rings. The van der Waals surface area contributed by atoms with Gasteiger partial charge in [-0.1, -0.05) is 25.5 Å². The average molecular weight is 375 g/mol. The molecule has 0 aromatic rings. The fourth-order valence-corrected chi connectivity index (χ4v) is 7.69. The summed E-state index contributed by atoms with van der Waals surface area (Å²) in [6, 6.07) is 0. The quantitative estimate of drug-likeness (QED) is 0.496. The Morgan fingerprint density at radius 2 is 1.85 bits per heavy atom. The van der Waals surface area contributed by atoms with E-state index in [4.69, 9.17) is 14.2 Å². The Bertz CT molecular complexity index is 663. The summed E-state index contributed by atoms with van der Waals surface area (Å²) >= 11 is 0. The first kappa shape index (κ1) is 18.2. The minimum absolute atomic E-state index is 0.115. The molecule has 5 rings (SSSR count). The molecule has 4 aliphatic carbocycles. The van der Waals surface area contributed by atoms with Crippen molar-refractivity contribution in [1.82, 2.24) is 0 Å².